The molecule has 0 saturated carbocycles. The van der Waals surface area contributed by atoms with E-state index >= 15 is 0 Å². The molecule has 3 rings (SSSR count). The molecule has 34 heavy (non-hydrogen) atoms. The molecule has 0 spiro atoms. The van der Waals surface area contributed by atoms with Crippen LogP contribution in [0.1, 0.15) is 12.0 Å². The summed E-state index contributed by atoms with van der Waals surface area (Å²) in [6, 6.07) is 7.71. The number of hydrogen-bond donors (Lipinski definition) is 1. The van der Waals surface area contributed by atoms with Crippen molar-refractivity contribution in [1.29, 1.82) is 0 Å². The predicted octanol–water partition coefficient (Wildman–Crippen LogP) is 3.97. The molecule has 1 heterocycles. The summed E-state index contributed by atoms with van der Waals surface area (Å²) < 4.78 is 5.47. The molecule has 1 aliphatic heterocycles. The maximum atomic E-state index is 13.0. The second kappa shape index (κ2) is 11.1. The summed E-state index contributed by atoms with van der Waals surface area (Å²) in [6.07, 6.45) is 1.64. The van der Waals surface area contributed by atoms with Gasteiger partial charge in [-0.1, -0.05) is 41.4 Å². The molecule has 7 nitrogen and oxygen atoms in total. The minimum atomic E-state index is -0.898. The number of amides is 3. The number of nitrogens with two attached hydrogens (primary N) is 1. The number of rotatable bonds is 7. The van der Waals surface area contributed by atoms with Gasteiger partial charge in [0, 0.05) is 40.7 Å². The summed E-state index contributed by atoms with van der Waals surface area (Å²) >= 11 is 19.0. The molecule has 2 aromatic rings. The van der Waals surface area contributed by atoms with E-state index in [1.54, 1.807) is 29.2 Å². The van der Waals surface area contributed by atoms with Gasteiger partial charge in [0.05, 0.1) is 18.7 Å². The van der Waals surface area contributed by atoms with Crippen LogP contribution in [0, 0.1) is 0 Å². The lowest BCUT2D eigenvalue weighted by Gasteiger charge is -2.39. The van der Waals surface area contributed by atoms with E-state index < -0.39 is 17.9 Å². The summed E-state index contributed by atoms with van der Waals surface area (Å²) in [5.41, 5.74) is 7.57. The first-order chi connectivity index (χ1) is 16.2. The van der Waals surface area contributed by atoms with Crippen molar-refractivity contribution in [3.8, 4) is 16.9 Å². The minimum absolute atomic E-state index is 0.0366. The van der Waals surface area contributed by atoms with E-state index in [-0.39, 0.29) is 25.4 Å². The molecule has 1 atom stereocenters. The molecular formula is C24H24Cl3N3O4. The first-order valence-corrected chi connectivity index (χ1v) is 11.6. The number of piperazine rings is 1. The number of primary amides is 1. The number of hydrogen-bond acceptors (Lipinski definition) is 4. The average molecular weight is 525 g/mol. The number of nitrogens with zero attached hydrogens (tertiary/aromatic N) is 2. The van der Waals surface area contributed by atoms with Crippen molar-refractivity contribution < 1.29 is 19.1 Å². The molecule has 0 bridgehead atoms. The van der Waals surface area contributed by atoms with Crippen LogP contribution < -0.4 is 10.5 Å². The highest BCUT2D eigenvalue weighted by molar-refractivity contribution is 6.37. The summed E-state index contributed by atoms with van der Waals surface area (Å²) in [5, 5.41) is 1.44. The van der Waals surface area contributed by atoms with E-state index in [1.165, 1.54) is 12.0 Å². The van der Waals surface area contributed by atoms with Crippen LogP contribution in [0.5, 0.6) is 5.75 Å². The fourth-order valence-corrected chi connectivity index (χ4v) is 4.58. The van der Waals surface area contributed by atoms with Crippen molar-refractivity contribution in [1.82, 2.24) is 9.80 Å². The summed E-state index contributed by atoms with van der Waals surface area (Å²) in [4.78, 5) is 39.7. The van der Waals surface area contributed by atoms with Crippen LogP contribution in [0.2, 0.25) is 15.1 Å². The van der Waals surface area contributed by atoms with Crippen molar-refractivity contribution in [3.05, 3.63) is 63.6 Å². The summed E-state index contributed by atoms with van der Waals surface area (Å²) in [6.45, 7) is 3.98. The molecular weight excluding hydrogens is 501 g/mol. The molecule has 0 aromatic heterocycles. The van der Waals surface area contributed by atoms with Gasteiger partial charge in [-0.05, 0) is 48.4 Å². The Labute approximate surface area is 213 Å². The molecule has 10 heteroatoms. The van der Waals surface area contributed by atoms with Crippen LogP contribution in [0.3, 0.4) is 0 Å². The van der Waals surface area contributed by atoms with Crippen molar-refractivity contribution in [2.45, 2.75) is 18.9 Å². The Bertz CT molecular complexity index is 1140. The van der Waals surface area contributed by atoms with E-state index in [4.69, 9.17) is 45.3 Å². The van der Waals surface area contributed by atoms with Crippen LogP contribution >= 0.6 is 34.8 Å². The number of halogens is 3. The Kier molecular flexibility index (Phi) is 8.47. The zero-order valence-electron chi connectivity index (χ0n) is 18.5. The Hall–Kier alpha value is -2.74. The number of ether oxygens (including phenoxy) is 1. The molecule has 1 unspecified atom stereocenters. The fraction of sp³-hybridized carbons (Fsp3) is 0.292. The molecule has 2 aromatic carbocycles. The SMILES string of the molecule is C=CC(=O)N1CCN(C(=O)CCc2cc(-c3cc(Cl)ccc3Cl)c(Cl)cc2OC)CC1C(N)=O. The Morgan fingerprint density at radius 2 is 1.82 bits per heavy atom. The van der Waals surface area contributed by atoms with Crippen molar-refractivity contribution in [2.75, 3.05) is 26.7 Å². The minimum Gasteiger partial charge on any atom is -0.496 e. The molecule has 1 fully saturated rings. The highest BCUT2D eigenvalue weighted by Gasteiger charge is 2.34. The van der Waals surface area contributed by atoms with Gasteiger partial charge in [-0.25, -0.2) is 0 Å². The van der Waals surface area contributed by atoms with E-state index in [0.29, 0.717) is 44.9 Å². The smallest absolute Gasteiger partial charge is 0.246 e. The third-order valence-corrected chi connectivity index (χ3v) is 6.59. The first kappa shape index (κ1) is 25.9. The highest BCUT2D eigenvalue weighted by Crippen LogP contribution is 2.39. The van der Waals surface area contributed by atoms with Crippen molar-refractivity contribution in [3.63, 3.8) is 0 Å². The third-order valence-electron chi connectivity index (χ3n) is 5.72. The lowest BCUT2D eigenvalue weighted by Crippen LogP contribution is -2.60. The third kappa shape index (κ3) is 5.66. The van der Waals surface area contributed by atoms with Crippen LogP contribution in [-0.4, -0.2) is 60.3 Å². The van der Waals surface area contributed by atoms with E-state index in [0.717, 1.165) is 11.6 Å². The Morgan fingerprint density at radius 1 is 1.12 bits per heavy atom. The first-order valence-electron chi connectivity index (χ1n) is 10.5. The van der Waals surface area contributed by atoms with Crippen LogP contribution in [0.15, 0.2) is 43.0 Å². The normalized spacial score (nSPS) is 15.7. The maximum Gasteiger partial charge on any atom is 0.246 e. The summed E-state index contributed by atoms with van der Waals surface area (Å²) in [7, 11) is 1.52. The number of methoxy groups -OCH3 is 1. The summed E-state index contributed by atoms with van der Waals surface area (Å²) in [5.74, 6) is -0.698. The van der Waals surface area contributed by atoms with Crippen LogP contribution in [0.25, 0.3) is 11.1 Å². The molecule has 1 saturated heterocycles. The standard InChI is InChI=1S/C24H24Cl3N3O4/c1-3-22(31)30-9-8-29(13-20(30)24(28)33)23(32)7-4-14-10-16(19(27)12-21(14)34-2)17-11-15(25)5-6-18(17)26/h3,5-6,10-12,20H,1,4,7-9,13H2,2H3,(H2,28,33). The quantitative estimate of drug-likeness (QED) is 0.555. The van der Waals surface area contributed by atoms with Gasteiger partial charge in [0.1, 0.15) is 11.8 Å². The van der Waals surface area contributed by atoms with Crippen LogP contribution in [-0.2, 0) is 20.8 Å². The van der Waals surface area contributed by atoms with Crippen LogP contribution in [0.4, 0.5) is 0 Å². The van der Waals surface area contributed by atoms with E-state index in [2.05, 4.69) is 6.58 Å². The van der Waals surface area contributed by atoms with Gasteiger partial charge in [-0.2, -0.15) is 0 Å². The largest absolute Gasteiger partial charge is 0.496 e. The second-order valence-electron chi connectivity index (χ2n) is 7.76. The van der Waals surface area contributed by atoms with E-state index in [9.17, 15) is 14.4 Å². The lowest BCUT2D eigenvalue weighted by atomic mass is 9.99. The molecule has 2 N–H and O–H groups in total. The van der Waals surface area contributed by atoms with Gasteiger partial charge in [0.15, 0.2) is 0 Å². The number of carbonyl (C=O) groups excluding carboxylic acids is 3. The zero-order valence-corrected chi connectivity index (χ0v) is 20.8. The van der Waals surface area contributed by atoms with Gasteiger partial charge in [0.25, 0.3) is 0 Å². The highest BCUT2D eigenvalue weighted by atomic mass is 35.5. The average Bonchev–Trinajstić information content (AvgIpc) is 2.83. The zero-order chi connectivity index (χ0) is 25.0. The van der Waals surface area contributed by atoms with Crippen molar-refractivity contribution >= 4 is 52.5 Å². The second-order valence-corrected chi connectivity index (χ2v) is 9.01. The maximum absolute atomic E-state index is 13.0. The Balaban J connectivity index is 1.79. The Morgan fingerprint density at radius 3 is 2.47 bits per heavy atom. The molecule has 3 amide bonds. The molecule has 1 aliphatic rings. The topological polar surface area (TPSA) is 92.9 Å². The lowest BCUT2D eigenvalue weighted by molar-refractivity contribution is -0.144. The monoisotopic (exact) mass is 523 g/mol. The fourth-order valence-electron chi connectivity index (χ4n) is 3.93. The van der Waals surface area contributed by atoms with Crippen molar-refractivity contribution in [2.24, 2.45) is 5.73 Å². The molecule has 0 aliphatic carbocycles. The van der Waals surface area contributed by atoms with Gasteiger partial charge in [0.2, 0.25) is 17.7 Å². The number of aryl methyl sites for hydroxylation is 1. The molecule has 0 radical (unpaired) electrons. The predicted molar refractivity (Wildman–Crippen MR) is 133 cm³/mol. The van der Waals surface area contributed by atoms with Gasteiger partial charge in [-0.15, -0.1) is 0 Å². The van der Waals surface area contributed by atoms with Gasteiger partial charge in [-0.3, -0.25) is 14.4 Å². The number of benzene rings is 2. The van der Waals surface area contributed by atoms with E-state index in [1.807, 2.05) is 6.07 Å². The molecule has 180 valence electrons. The number of carbonyl (C=O) groups is 3. The van der Waals surface area contributed by atoms with Gasteiger partial charge >= 0.3 is 0 Å². The van der Waals surface area contributed by atoms with Gasteiger partial charge < -0.3 is 20.3 Å².